The SMILES string of the molecule is CCCC(F)CC.O=S=O. The maximum Gasteiger partial charge on any atom is 0.335 e. The van der Waals surface area contributed by atoms with Crippen LogP contribution in [0.25, 0.3) is 0 Å². The highest BCUT2D eigenvalue weighted by atomic mass is 32.1. The number of rotatable bonds is 3. The van der Waals surface area contributed by atoms with E-state index in [1.807, 2.05) is 13.8 Å². The van der Waals surface area contributed by atoms with E-state index in [1.54, 1.807) is 0 Å². The van der Waals surface area contributed by atoms with Crippen molar-refractivity contribution in [1.29, 1.82) is 0 Å². The molecule has 1 atom stereocenters. The maximum atomic E-state index is 12.1. The zero-order chi connectivity index (χ0) is 8.41. The second kappa shape index (κ2) is 11.5. The molecule has 0 aromatic rings. The van der Waals surface area contributed by atoms with Crippen LogP contribution in [0, 0.1) is 0 Å². The number of halogens is 1. The molecule has 0 bridgehead atoms. The van der Waals surface area contributed by atoms with Gasteiger partial charge in [0.1, 0.15) is 0 Å². The lowest BCUT2D eigenvalue weighted by Gasteiger charge is -1.98. The van der Waals surface area contributed by atoms with Crippen molar-refractivity contribution in [3.63, 3.8) is 0 Å². The van der Waals surface area contributed by atoms with E-state index < -0.39 is 17.7 Å². The Labute approximate surface area is 64.4 Å². The van der Waals surface area contributed by atoms with Crippen LogP contribution in [0.1, 0.15) is 33.1 Å². The Bertz CT molecular complexity index is 91.7. The molecule has 0 saturated carbocycles. The highest BCUT2D eigenvalue weighted by Gasteiger charge is 1.97. The van der Waals surface area contributed by atoms with Gasteiger partial charge >= 0.3 is 11.6 Å². The van der Waals surface area contributed by atoms with Crippen LogP contribution >= 0.6 is 0 Å². The number of hydrogen-bond donors (Lipinski definition) is 0. The Morgan fingerprint density at radius 3 is 1.90 bits per heavy atom. The average Bonchev–Trinajstić information content (AvgIpc) is 1.90. The molecule has 2 nitrogen and oxygen atoms in total. The predicted octanol–water partition coefficient (Wildman–Crippen LogP) is 1.86. The fraction of sp³-hybridized carbons (Fsp3) is 1.00. The molecule has 10 heavy (non-hydrogen) atoms. The quantitative estimate of drug-likeness (QED) is 0.644. The molecule has 0 aromatic carbocycles. The van der Waals surface area contributed by atoms with Crippen molar-refractivity contribution in [3.05, 3.63) is 0 Å². The van der Waals surface area contributed by atoms with Crippen LogP contribution in [-0.4, -0.2) is 14.6 Å². The van der Waals surface area contributed by atoms with E-state index in [0.717, 1.165) is 12.8 Å². The summed E-state index contributed by atoms with van der Waals surface area (Å²) in [6.45, 7) is 3.88. The lowest BCUT2D eigenvalue weighted by atomic mass is 10.2. The average molecular weight is 168 g/mol. The summed E-state index contributed by atoms with van der Waals surface area (Å²) in [6, 6.07) is 0. The van der Waals surface area contributed by atoms with Crippen molar-refractivity contribution in [1.82, 2.24) is 0 Å². The van der Waals surface area contributed by atoms with Gasteiger partial charge in [-0.3, -0.25) is 0 Å². The van der Waals surface area contributed by atoms with Crippen molar-refractivity contribution in [2.24, 2.45) is 0 Å². The Hall–Kier alpha value is -0.250. The van der Waals surface area contributed by atoms with Crippen LogP contribution in [0.15, 0.2) is 0 Å². The maximum absolute atomic E-state index is 12.1. The third kappa shape index (κ3) is 15.7. The zero-order valence-corrected chi connectivity index (χ0v) is 7.12. The normalized spacial score (nSPS) is 11.1. The fourth-order valence-electron chi connectivity index (χ4n) is 0.517. The Morgan fingerprint density at radius 2 is 1.80 bits per heavy atom. The van der Waals surface area contributed by atoms with Crippen molar-refractivity contribution >= 4 is 11.6 Å². The summed E-state index contributed by atoms with van der Waals surface area (Å²) in [7, 11) is 0. The van der Waals surface area contributed by atoms with Crippen LogP contribution in [0.2, 0.25) is 0 Å². The molecular formula is C6H13FO2S. The molecule has 0 aromatic heterocycles. The van der Waals surface area contributed by atoms with E-state index in [9.17, 15) is 4.39 Å². The molecule has 0 rings (SSSR count). The molecule has 62 valence electrons. The van der Waals surface area contributed by atoms with Gasteiger partial charge in [0.15, 0.2) is 0 Å². The molecule has 0 aliphatic rings. The largest absolute Gasteiger partial charge is 0.335 e. The van der Waals surface area contributed by atoms with E-state index in [4.69, 9.17) is 8.42 Å². The van der Waals surface area contributed by atoms with Crippen molar-refractivity contribution in [2.75, 3.05) is 0 Å². The Balaban J connectivity index is 0. The summed E-state index contributed by atoms with van der Waals surface area (Å²) in [5, 5.41) is 0. The van der Waals surface area contributed by atoms with E-state index in [-0.39, 0.29) is 0 Å². The summed E-state index contributed by atoms with van der Waals surface area (Å²) >= 11 is -0.750. The second-order valence-corrected chi connectivity index (χ2v) is 2.00. The molecule has 1 unspecified atom stereocenters. The minimum Gasteiger partial charge on any atom is -0.248 e. The predicted molar refractivity (Wildman–Crippen MR) is 39.0 cm³/mol. The highest BCUT2D eigenvalue weighted by Crippen LogP contribution is 2.03. The van der Waals surface area contributed by atoms with E-state index in [1.165, 1.54) is 0 Å². The molecule has 0 spiro atoms. The Kier molecular flexibility index (Phi) is 14.3. The topological polar surface area (TPSA) is 34.1 Å². The van der Waals surface area contributed by atoms with Gasteiger partial charge in [0, 0.05) is 0 Å². The summed E-state index contributed by atoms with van der Waals surface area (Å²) in [4.78, 5) is 0. The number of hydrogen-bond acceptors (Lipinski definition) is 2. The van der Waals surface area contributed by atoms with Crippen molar-refractivity contribution in [3.8, 4) is 0 Å². The molecule has 4 heteroatoms. The molecule has 0 radical (unpaired) electrons. The molecule has 0 aliphatic carbocycles. The monoisotopic (exact) mass is 168 g/mol. The van der Waals surface area contributed by atoms with Gasteiger partial charge in [-0.2, -0.15) is 8.42 Å². The number of alkyl halides is 1. The molecule has 0 heterocycles. The lowest BCUT2D eigenvalue weighted by molar-refractivity contribution is 0.303. The third-order valence-electron chi connectivity index (χ3n) is 1.04. The molecule has 0 N–H and O–H groups in total. The van der Waals surface area contributed by atoms with E-state index in [0.29, 0.717) is 6.42 Å². The first-order valence-electron chi connectivity index (χ1n) is 3.28. The second-order valence-electron chi connectivity index (χ2n) is 1.86. The van der Waals surface area contributed by atoms with Gasteiger partial charge in [-0.15, -0.1) is 0 Å². The third-order valence-corrected chi connectivity index (χ3v) is 1.04. The fourth-order valence-corrected chi connectivity index (χ4v) is 0.517. The first kappa shape index (κ1) is 12.4. The van der Waals surface area contributed by atoms with Gasteiger partial charge in [0.05, 0.1) is 6.17 Å². The van der Waals surface area contributed by atoms with Gasteiger partial charge in [0.25, 0.3) is 0 Å². The molecule has 0 fully saturated rings. The first-order valence-corrected chi connectivity index (χ1v) is 3.95. The summed E-state index contributed by atoms with van der Waals surface area (Å²) in [5.41, 5.74) is 0. The van der Waals surface area contributed by atoms with Gasteiger partial charge in [0.2, 0.25) is 0 Å². The van der Waals surface area contributed by atoms with Crippen molar-refractivity contribution < 1.29 is 12.8 Å². The van der Waals surface area contributed by atoms with E-state index >= 15 is 0 Å². The van der Waals surface area contributed by atoms with Crippen LogP contribution in [0.5, 0.6) is 0 Å². The van der Waals surface area contributed by atoms with Gasteiger partial charge in [-0.1, -0.05) is 20.3 Å². The summed E-state index contributed by atoms with van der Waals surface area (Å²) < 4.78 is 28.7. The molecule has 0 aliphatic heterocycles. The standard InChI is InChI=1S/C6H13F.O2S/c1-3-5-6(7)4-2;1-3-2/h6H,3-5H2,1-2H3;. The summed E-state index contributed by atoms with van der Waals surface area (Å²) in [6.07, 6.45) is 1.82. The minimum atomic E-state index is -0.750. The lowest BCUT2D eigenvalue weighted by Crippen LogP contribution is -1.94. The highest BCUT2D eigenvalue weighted by molar-refractivity contribution is 7.51. The van der Waals surface area contributed by atoms with E-state index in [2.05, 4.69) is 0 Å². The zero-order valence-electron chi connectivity index (χ0n) is 6.30. The smallest absolute Gasteiger partial charge is 0.248 e. The van der Waals surface area contributed by atoms with Crippen molar-refractivity contribution in [2.45, 2.75) is 39.3 Å². The van der Waals surface area contributed by atoms with Gasteiger partial charge < -0.3 is 0 Å². The van der Waals surface area contributed by atoms with Gasteiger partial charge in [-0.05, 0) is 12.8 Å². The van der Waals surface area contributed by atoms with Crippen LogP contribution in [0.4, 0.5) is 4.39 Å². The molecule has 0 saturated heterocycles. The summed E-state index contributed by atoms with van der Waals surface area (Å²) in [5.74, 6) is 0. The van der Waals surface area contributed by atoms with Crippen LogP contribution in [0.3, 0.4) is 0 Å². The van der Waals surface area contributed by atoms with Crippen LogP contribution < -0.4 is 0 Å². The molecule has 0 amide bonds. The van der Waals surface area contributed by atoms with Crippen LogP contribution in [-0.2, 0) is 11.6 Å². The minimum absolute atomic E-state index is 0.551. The Morgan fingerprint density at radius 1 is 1.40 bits per heavy atom. The van der Waals surface area contributed by atoms with Gasteiger partial charge in [-0.25, -0.2) is 4.39 Å². The first-order chi connectivity index (χ1) is 4.72. The molecular weight excluding hydrogens is 155 g/mol.